The summed E-state index contributed by atoms with van der Waals surface area (Å²) in [5.74, 6) is 0.0822. The van der Waals surface area contributed by atoms with Gasteiger partial charge in [-0.1, -0.05) is 36.4 Å². The highest BCUT2D eigenvalue weighted by Gasteiger charge is 2.21. The molecule has 7 aromatic rings. The summed E-state index contributed by atoms with van der Waals surface area (Å²) in [5, 5.41) is 29.0. The first-order chi connectivity index (χ1) is 15.5. The van der Waals surface area contributed by atoms with Crippen molar-refractivity contribution in [1.82, 2.24) is 0 Å². The van der Waals surface area contributed by atoms with E-state index in [1.54, 1.807) is 24.3 Å². The van der Waals surface area contributed by atoms with E-state index in [0.29, 0.717) is 21.5 Å². The van der Waals surface area contributed by atoms with Crippen molar-refractivity contribution in [2.45, 2.75) is 0 Å². The van der Waals surface area contributed by atoms with Crippen LogP contribution in [0.5, 0.6) is 11.5 Å². The lowest BCUT2D eigenvalue weighted by Crippen LogP contribution is -2.06. The van der Waals surface area contributed by atoms with Crippen molar-refractivity contribution in [3.8, 4) is 11.5 Å². The Morgan fingerprint density at radius 3 is 1.22 bits per heavy atom. The summed E-state index contributed by atoms with van der Waals surface area (Å²) in [6, 6.07) is 21.1. The van der Waals surface area contributed by atoms with E-state index in [1.807, 2.05) is 36.4 Å². The lowest BCUT2D eigenvalue weighted by atomic mass is 9.85. The van der Waals surface area contributed by atoms with Gasteiger partial charge in [0.05, 0.1) is 0 Å². The maximum Gasteiger partial charge on any atom is 0.194 e. The molecule has 0 fully saturated rings. The van der Waals surface area contributed by atoms with Crippen LogP contribution >= 0.6 is 0 Å². The van der Waals surface area contributed by atoms with Gasteiger partial charge in [0, 0.05) is 32.3 Å². The van der Waals surface area contributed by atoms with Gasteiger partial charge < -0.3 is 10.2 Å². The van der Waals surface area contributed by atoms with E-state index in [2.05, 4.69) is 0 Å². The molecule has 0 heterocycles. The Morgan fingerprint density at radius 1 is 0.406 bits per heavy atom. The summed E-state index contributed by atoms with van der Waals surface area (Å²) in [4.78, 5) is 26.8. The fourth-order valence-electron chi connectivity index (χ4n) is 5.43. The maximum absolute atomic E-state index is 13.4. The second-order valence-electron chi connectivity index (χ2n) is 8.32. The molecule has 7 rings (SSSR count). The molecule has 2 N–H and O–H groups in total. The number of phenols is 2. The molecule has 0 bridgehead atoms. The number of fused-ring (bicyclic) bond motifs is 6. The molecule has 0 saturated heterocycles. The smallest absolute Gasteiger partial charge is 0.194 e. The Kier molecular flexibility index (Phi) is 3.03. The molecule has 0 unspecified atom stereocenters. The molecule has 0 aliphatic heterocycles. The molecule has 0 spiro atoms. The molecule has 0 aliphatic carbocycles. The minimum Gasteiger partial charge on any atom is -0.508 e. The third kappa shape index (κ3) is 1.92. The van der Waals surface area contributed by atoms with E-state index in [1.165, 1.54) is 12.1 Å². The highest BCUT2D eigenvalue weighted by atomic mass is 16.3. The standard InChI is InChI=1S/C28H14O4/c29-13-8-10-16-21(11-13)27(31)19-5-1-3-17-23-15-9-7-14(30)12-22(15)28(32)20-6-2-4-18(26(20)23)24(16)25(17)19/h1-12,29-30H. The first-order valence-corrected chi connectivity index (χ1v) is 10.3. The van der Waals surface area contributed by atoms with Gasteiger partial charge in [0.25, 0.3) is 0 Å². The van der Waals surface area contributed by atoms with E-state index < -0.39 is 0 Å². The van der Waals surface area contributed by atoms with Crippen LogP contribution in [0.1, 0.15) is 0 Å². The monoisotopic (exact) mass is 414 g/mol. The van der Waals surface area contributed by atoms with E-state index >= 15 is 0 Å². The quantitative estimate of drug-likeness (QED) is 0.250. The number of aromatic hydroxyl groups is 2. The minimum absolute atomic E-state index is 0.0411. The van der Waals surface area contributed by atoms with E-state index in [-0.39, 0.29) is 22.4 Å². The molecule has 0 amide bonds. The average Bonchev–Trinajstić information content (AvgIpc) is 2.80. The van der Waals surface area contributed by atoms with E-state index in [0.717, 1.165) is 43.1 Å². The molecule has 0 radical (unpaired) electrons. The number of hydrogen-bond acceptors (Lipinski definition) is 4. The number of hydrogen-bond donors (Lipinski definition) is 2. The van der Waals surface area contributed by atoms with Gasteiger partial charge in [0.1, 0.15) is 11.5 Å². The fraction of sp³-hybridized carbons (Fsp3) is 0. The molecule has 32 heavy (non-hydrogen) atoms. The lowest BCUT2D eigenvalue weighted by Gasteiger charge is -2.17. The highest BCUT2D eigenvalue weighted by Crippen LogP contribution is 2.44. The van der Waals surface area contributed by atoms with Crippen molar-refractivity contribution in [3.05, 3.63) is 93.2 Å². The highest BCUT2D eigenvalue weighted by molar-refractivity contribution is 6.41. The van der Waals surface area contributed by atoms with Crippen molar-refractivity contribution in [2.24, 2.45) is 0 Å². The van der Waals surface area contributed by atoms with Crippen molar-refractivity contribution in [2.75, 3.05) is 0 Å². The zero-order chi connectivity index (χ0) is 21.7. The van der Waals surface area contributed by atoms with Crippen LogP contribution in [0.3, 0.4) is 0 Å². The van der Waals surface area contributed by atoms with E-state index in [4.69, 9.17) is 0 Å². The Hall–Kier alpha value is -4.44. The average molecular weight is 414 g/mol. The third-order valence-electron chi connectivity index (χ3n) is 6.69. The van der Waals surface area contributed by atoms with Gasteiger partial charge in [-0.05, 0) is 68.7 Å². The third-order valence-corrected chi connectivity index (χ3v) is 6.69. The lowest BCUT2D eigenvalue weighted by molar-refractivity contribution is 0.475. The predicted molar refractivity (Wildman–Crippen MR) is 130 cm³/mol. The van der Waals surface area contributed by atoms with Crippen LogP contribution in [0.2, 0.25) is 0 Å². The Bertz CT molecular complexity index is 1890. The Morgan fingerprint density at radius 2 is 0.781 bits per heavy atom. The first kappa shape index (κ1) is 17.3. The Balaban J connectivity index is 1.98. The van der Waals surface area contributed by atoms with Crippen molar-refractivity contribution in [1.29, 1.82) is 0 Å². The fourth-order valence-corrected chi connectivity index (χ4v) is 5.43. The topological polar surface area (TPSA) is 74.6 Å². The molecule has 0 aliphatic rings. The maximum atomic E-state index is 13.4. The zero-order valence-electron chi connectivity index (χ0n) is 16.6. The summed E-state index contributed by atoms with van der Waals surface area (Å²) in [7, 11) is 0. The predicted octanol–water partition coefficient (Wildman–Crippen LogP) is 5.61. The normalized spacial score (nSPS) is 12.2. The summed E-state index contributed by atoms with van der Waals surface area (Å²) in [6.45, 7) is 0. The van der Waals surface area contributed by atoms with Gasteiger partial charge in [-0.2, -0.15) is 0 Å². The first-order valence-electron chi connectivity index (χ1n) is 10.3. The van der Waals surface area contributed by atoms with Crippen LogP contribution in [0, 0.1) is 0 Å². The molecular weight excluding hydrogens is 400 g/mol. The summed E-state index contributed by atoms with van der Waals surface area (Å²) in [6.07, 6.45) is 0. The van der Waals surface area contributed by atoms with Gasteiger partial charge in [-0.3, -0.25) is 9.59 Å². The van der Waals surface area contributed by atoms with Gasteiger partial charge >= 0.3 is 0 Å². The number of benzene rings is 7. The van der Waals surface area contributed by atoms with Crippen LogP contribution in [0.25, 0.3) is 64.6 Å². The van der Waals surface area contributed by atoms with Crippen LogP contribution < -0.4 is 10.9 Å². The van der Waals surface area contributed by atoms with Crippen molar-refractivity contribution in [3.63, 3.8) is 0 Å². The SMILES string of the molecule is O=c1c2cc(O)ccc2c2c3cccc4c(=O)c5cc(O)ccc5c(c5cccc1c52)c43. The molecule has 4 nitrogen and oxygen atoms in total. The largest absolute Gasteiger partial charge is 0.508 e. The molecule has 0 aromatic heterocycles. The second kappa shape index (κ2) is 5.62. The molecule has 0 saturated carbocycles. The van der Waals surface area contributed by atoms with Crippen LogP contribution in [0.15, 0.2) is 82.4 Å². The van der Waals surface area contributed by atoms with Crippen LogP contribution in [-0.4, -0.2) is 10.2 Å². The van der Waals surface area contributed by atoms with Gasteiger partial charge in [0.15, 0.2) is 10.9 Å². The second-order valence-corrected chi connectivity index (χ2v) is 8.32. The number of rotatable bonds is 0. The molecule has 150 valence electrons. The summed E-state index contributed by atoms with van der Waals surface area (Å²) < 4.78 is 0. The zero-order valence-corrected chi connectivity index (χ0v) is 16.6. The number of phenolic OH excluding ortho intramolecular Hbond substituents is 2. The van der Waals surface area contributed by atoms with Gasteiger partial charge in [-0.15, -0.1) is 0 Å². The summed E-state index contributed by atoms with van der Waals surface area (Å²) >= 11 is 0. The molecule has 4 heteroatoms. The van der Waals surface area contributed by atoms with E-state index in [9.17, 15) is 19.8 Å². The van der Waals surface area contributed by atoms with Crippen molar-refractivity contribution < 1.29 is 10.2 Å². The minimum atomic E-state index is -0.130. The molecular formula is C28H14O4. The molecule has 0 atom stereocenters. The molecule has 7 aromatic carbocycles. The van der Waals surface area contributed by atoms with Gasteiger partial charge in [0.2, 0.25) is 0 Å². The van der Waals surface area contributed by atoms with Crippen LogP contribution in [-0.2, 0) is 0 Å². The Labute approximate surface area is 179 Å². The van der Waals surface area contributed by atoms with Crippen LogP contribution in [0.4, 0.5) is 0 Å². The van der Waals surface area contributed by atoms with Crippen molar-refractivity contribution >= 4 is 64.6 Å². The summed E-state index contributed by atoms with van der Waals surface area (Å²) in [5.41, 5.74) is -0.260. The van der Waals surface area contributed by atoms with Gasteiger partial charge in [-0.25, -0.2) is 0 Å².